The highest BCUT2D eigenvalue weighted by atomic mass is 35.5. The largest absolute Gasteiger partial charge is 0.311 e. The van der Waals surface area contributed by atoms with Crippen LogP contribution in [0.1, 0.15) is 35.4 Å². The third kappa shape index (κ3) is 4.57. The fraction of sp³-hybridized carbons (Fsp3) is 0.350. The van der Waals surface area contributed by atoms with Crippen LogP contribution in [-0.2, 0) is 21.2 Å². The zero-order valence-electron chi connectivity index (χ0n) is 15.9. The zero-order valence-corrected chi connectivity index (χ0v) is 18.3. The van der Waals surface area contributed by atoms with Crippen LogP contribution in [-0.4, -0.2) is 33.5 Å². The maximum Gasteiger partial charge on any atom is 0.245 e. The summed E-state index contributed by atoms with van der Waals surface area (Å²) in [5.74, 6) is -0.219. The molecule has 4 rings (SSSR count). The summed E-state index contributed by atoms with van der Waals surface area (Å²) in [6.45, 7) is 3.53. The van der Waals surface area contributed by atoms with Gasteiger partial charge in [0.25, 0.3) is 0 Å². The molecule has 1 fully saturated rings. The lowest BCUT2D eigenvalue weighted by atomic mass is 9.94. The lowest BCUT2D eigenvalue weighted by Gasteiger charge is -2.26. The lowest BCUT2D eigenvalue weighted by Crippen LogP contribution is -2.40. The Morgan fingerprint density at radius 1 is 1.31 bits per heavy atom. The molecule has 1 amide bonds. The first-order valence-corrected chi connectivity index (χ1v) is 12.2. The van der Waals surface area contributed by atoms with Crippen molar-refractivity contribution in [2.75, 3.05) is 18.0 Å². The Morgan fingerprint density at radius 3 is 2.90 bits per heavy atom. The Bertz CT molecular complexity index is 1060. The first kappa shape index (κ1) is 20.6. The van der Waals surface area contributed by atoms with Crippen LogP contribution in [0.15, 0.2) is 35.7 Å². The van der Waals surface area contributed by atoms with Crippen molar-refractivity contribution in [2.45, 2.75) is 31.8 Å². The maximum atomic E-state index is 12.8. The van der Waals surface area contributed by atoms with Gasteiger partial charge in [0, 0.05) is 28.6 Å². The molecule has 2 atom stereocenters. The molecule has 154 valence electrons. The number of hydrogen-bond donors (Lipinski definition) is 2. The predicted molar refractivity (Wildman–Crippen MR) is 118 cm³/mol. The van der Waals surface area contributed by atoms with Gasteiger partial charge < -0.3 is 10.2 Å². The summed E-state index contributed by atoms with van der Waals surface area (Å²) in [5, 5.41) is 4.51. The number of carbonyl (C=O) groups excluding carboxylic acids is 1. The minimum atomic E-state index is -3.74. The van der Waals surface area contributed by atoms with Crippen molar-refractivity contribution in [3.05, 3.63) is 56.1 Å². The quantitative estimate of drug-likeness (QED) is 0.731. The van der Waals surface area contributed by atoms with Crippen LogP contribution in [0.25, 0.3) is 6.08 Å². The second kappa shape index (κ2) is 8.20. The summed E-state index contributed by atoms with van der Waals surface area (Å²) < 4.78 is 27.9. The van der Waals surface area contributed by atoms with Crippen LogP contribution in [0.4, 0.5) is 5.69 Å². The first-order chi connectivity index (χ1) is 13.8. The van der Waals surface area contributed by atoms with Crippen molar-refractivity contribution in [3.8, 4) is 0 Å². The van der Waals surface area contributed by atoms with Gasteiger partial charge in [-0.25, -0.2) is 8.42 Å². The molecule has 0 aliphatic carbocycles. The van der Waals surface area contributed by atoms with Gasteiger partial charge in [0.1, 0.15) is 6.04 Å². The van der Waals surface area contributed by atoms with Gasteiger partial charge in [-0.2, -0.15) is 4.72 Å². The van der Waals surface area contributed by atoms with Gasteiger partial charge in [0.05, 0.1) is 4.34 Å². The molecule has 0 bridgehead atoms. The average molecular weight is 452 g/mol. The summed E-state index contributed by atoms with van der Waals surface area (Å²) >= 11 is 7.15. The summed E-state index contributed by atoms with van der Waals surface area (Å²) in [6, 6.07) is 9.05. The van der Waals surface area contributed by atoms with Crippen LogP contribution in [0.5, 0.6) is 0 Å². The number of carbonyl (C=O) groups is 1. The van der Waals surface area contributed by atoms with E-state index in [9.17, 15) is 13.2 Å². The highest BCUT2D eigenvalue weighted by molar-refractivity contribution is 7.92. The number of nitrogens with zero attached hydrogens (tertiary/aromatic N) is 1. The number of rotatable bonds is 5. The molecule has 0 spiro atoms. The molecule has 2 N–H and O–H groups in total. The van der Waals surface area contributed by atoms with Crippen molar-refractivity contribution in [1.82, 2.24) is 10.0 Å². The number of benzene rings is 1. The van der Waals surface area contributed by atoms with Gasteiger partial charge in [-0.3, -0.25) is 4.79 Å². The van der Waals surface area contributed by atoms with Gasteiger partial charge in [-0.05, 0) is 67.8 Å². The summed E-state index contributed by atoms with van der Waals surface area (Å²) in [7, 11) is -3.74. The minimum absolute atomic E-state index is 0.219. The average Bonchev–Trinajstić information content (AvgIpc) is 3.26. The Hall–Kier alpha value is -1.71. The van der Waals surface area contributed by atoms with E-state index in [1.165, 1.54) is 28.5 Å². The van der Waals surface area contributed by atoms with Crippen molar-refractivity contribution in [3.63, 3.8) is 0 Å². The van der Waals surface area contributed by atoms with E-state index in [1.54, 1.807) is 17.0 Å². The molecular weight excluding hydrogens is 430 g/mol. The molecule has 1 unspecified atom stereocenters. The highest BCUT2D eigenvalue weighted by Crippen LogP contribution is 2.29. The van der Waals surface area contributed by atoms with Crippen LogP contribution in [0, 0.1) is 0 Å². The number of amides is 1. The van der Waals surface area contributed by atoms with E-state index >= 15 is 0 Å². The number of hydrogen-bond acceptors (Lipinski definition) is 5. The second-order valence-corrected chi connectivity index (χ2v) is 10.6. The maximum absolute atomic E-state index is 12.8. The molecular formula is C20H22ClN3O3S2. The SMILES string of the molecule is CC1NCCc2cc(N3CC[C@H](NS(=O)(=O)C=Cc4ccc(Cl)s4)C3=O)ccc21. The third-order valence-electron chi connectivity index (χ3n) is 5.27. The third-order valence-corrected chi connectivity index (χ3v) is 7.57. The zero-order chi connectivity index (χ0) is 20.6. The summed E-state index contributed by atoms with van der Waals surface area (Å²) in [6.07, 6.45) is 2.84. The fourth-order valence-electron chi connectivity index (χ4n) is 3.79. The second-order valence-electron chi connectivity index (χ2n) is 7.25. The predicted octanol–water partition coefficient (Wildman–Crippen LogP) is 3.30. The molecule has 6 nitrogen and oxygen atoms in total. The highest BCUT2D eigenvalue weighted by Gasteiger charge is 2.35. The van der Waals surface area contributed by atoms with E-state index < -0.39 is 16.1 Å². The molecule has 29 heavy (non-hydrogen) atoms. The van der Waals surface area contributed by atoms with Crippen LogP contribution < -0.4 is 14.9 Å². The summed E-state index contributed by atoms with van der Waals surface area (Å²) in [5.41, 5.74) is 3.32. The van der Waals surface area contributed by atoms with Gasteiger partial charge in [0.15, 0.2) is 0 Å². The summed E-state index contributed by atoms with van der Waals surface area (Å²) in [4.78, 5) is 15.2. The van der Waals surface area contributed by atoms with E-state index in [0.29, 0.717) is 23.3 Å². The Kier molecular flexibility index (Phi) is 5.81. The van der Waals surface area contributed by atoms with Gasteiger partial charge >= 0.3 is 0 Å². The van der Waals surface area contributed by atoms with Crippen LogP contribution in [0.3, 0.4) is 0 Å². The fourth-order valence-corrected chi connectivity index (χ4v) is 5.86. The molecule has 2 aliphatic heterocycles. The molecule has 2 aliphatic rings. The first-order valence-electron chi connectivity index (χ1n) is 9.46. The minimum Gasteiger partial charge on any atom is -0.311 e. The van der Waals surface area contributed by atoms with E-state index in [4.69, 9.17) is 11.6 Å². The smallest absolute Gasteiger partial charge is 0.245 e. The number of nitrogens with one attached hydrogen (secondary N) is 2. The molecule has 1 saturated heterocycles. The number of halogens is 1. The lowest BCUT2D eigenvalue weighted by molar-refractivity contribution is -0.118. The van der Waals surface area contributed by atoms with Gasteiger partial charge in [-0.1, -0.05) is 17.7 Å². The molecule has 1 aromatic carbocycles. The molecule has 9 heteroatoms. The number of thiophene rings is 1. The van der Waals surface area contributed by atoms with E-state index in [-0.39, 0.29) is 5.91 Å². The normalized spacial score (nSPS) is 22.4. The van der Waals surface area contributed by atoms with Gasteiger partial charge in [-0.15, -0.1) is 11.3 Å². The number of sulfonamides is 1. The van der Waals surface area contributed by atoms with E-state index in [1.807, 2.05) is 6.07 Å². The Balaban J connectivity index is 1.45. The van der Waals surface area contributed by atoms with Crippen molar-refractivity contribution in [2.24, 2.45) is 0 Å². The number of anilines is 1. The Labute approximate surface area is 179 Å². The van der Waals surface area contributed by atoms with E-state index in [2.05, 4.69) is 29.1 Å². The van der Waals surface area contributed by atoms with Crippen molar-refractivity contribution in [1.29, 1.82) is 0 Å². The van der Waals surface area contributed by atoms with Crippen molar-refractivity contribution < 1.29 is 13.2 Å². The Morgan fingerprint density at radius 2 is 2.14 bits per heavy atom. The van der Waals surface area contributed by atoms with Crippen LogP contribution in [0.2, 0.25) is 4.34 Å². The van der Waals surface area contributed by atoms with Gasteiger partial charge in [0.2, 0.25) is 15.9 Å². The van der Waals surface area contributed by atoms with Crippen molar-refractivity contribution >= 4 is 50.6 Å². The van der Waals surface area contributed by atoms with Crippen LogP contribution >= 0.6 is 22.9 Å². The molecule has 2 aromatic rings. The topological polar surface area (TPSA) is 78.5 Å². The molecule has 1 aromatic heterocycles. The molecule has 0 saturated carbocycles. The molecule has 3 heterocycles. The number of fused-ring (bicyclic) bond motifs is 1. The molecule has 0 radical (unpaired) electrons. The van der Waals surface area contributed by atoms with E-state index in [0.717, 1.165) is 28.9 Å². The standard InChI is InChI=1S/C20H22ClN3O3S2/c1-13-17-4-2-15(12-14(17)6-9-22-13)24-10-7-18(20(24)25)23-29(26,27)11-8-16-3-5-19(21)28-16/h2-5,8,11-13,18,22-23H,6-7,9-10H2,1H3/t13?,18-/m0/s1. The monoisotopic (exact) mass is 451 g/mol.